The highest BCUT2D eigenvalue weighted by molar-refractivity contribution is 7.13. The number of aryl methyl sites for hydroxylation is 1. The van der Waals surface area contributed by atoms with E-state index in [2.05, 4.69) is 16.0 Å². The van der Waals surface area contributed by atoms with E-state index in [0.717, 1.165) is 27.5 Å². The summed E-state index contributed by atoms with van der Waals surface area (Å²) in [7, 11) is 0. The molecule has 4 heteroatoms. The molecule has 0 amide bonds. The largest absolute Gasteiger partial charge is 0.361 e. The van der Waals surface area contributed by atoms with Crippen LogP contribution >= 0.6 is 11.3 Å². The highest BCUT2D eigenvalue weighted by atomic mass is 32.1. The number of hydrogen-bond acceptors (Lipinski definition) is 3. The quantitative estimate of drug-likeness (QED) is 0.761. The van der Waals surface area contributed by atoms with Gasteiger partial charge in [-0.25, -0.2) is 0 Å². The number of thiophene rings is 1. The molecule has 0 aliphatic rings. The van der Waals surface area contributed by atoms with E-state index in [0.29, 0.717) is 5.56 Å². The fourth-order valence-corrected chi connectivity index (χ4v) is 2.76. The zero-order chi connectivity index (χ0) is 13.2. The van der Waals surface area contributed by atoms with Gasteiger partial charge in [0.25, 0.3) is 0 Å². The molecule has 0 bridgehead atoms. The maximum absolute atomic E-state index is 9.32. The molecule has 0 saturated heterocycles. The summed E-state index contributed by atoms with van der Waals surface area (Å²) < 4.78 is 0. The van der Waals surface area contributed by atoms with E-state index in [1.165, 1.54) is 0 Å². The van der Waals surface area contributed by atoms with Gasteiger partial charge in [-0.15, -0.1) is 11.3 Å². The monoisotopic (exact) mass is 265 g/mol. The van der Waals surface area contributed by atoms with Gasteiger partial charge in [-0.1, -0.05) is 6.07 Å². The highest BCUT2D eigenvalue weighted by Crippen LogP contribution is 2.30. The Morgan fingerprint density at radius 1 is 1.32 bits per heavy atom. The van der Waals surface area contributed by atoms with Gasteiger partial charge >= 0.3 is 0 Å². The molecular weight excluding hydrogens is 254 g/mol. The van der Waals surface area contributed by atoms with Crippen LogP contribution in [0.5, 0.6) is 0 Å². The highest BCUT2D eigenvalue weighted by Gasteiger charge is 2.13. The van der Waals surface area contributed by atoms with Crippen molar-refractivity contribution in [3.63, 3.8) is 0 Å². The summed E-state index contributed by atoms with van der Waals surface area (Å²) in [5.41, 5.74) is 4.15. The van der Waals surface area contributed by atoms with Crippen molar-refractivity contribution in [1.29, 1.82) is 5.26 Å². The third kappa shape index (κ3) is 2.05. The molecule has 1 N–H and O–H groups in total. The van der Waals surface area contributed by atoms with Gasteiger partial charge in [-0.05, 0) is 36.6 Å². The summed E-state index contributed by atoms with van der Waals surface area (Å²) in [6.07, 6.45) is 1.86. The predicted molar refractivity (Wildman–Crippen MR) is 76.8 cm³/mol. The molecule has 0 unspecified atom stereocenters. The summed E-state index contributed by atoms with van der Waals surface area (Å²) in [6, 6.07) is 12.2. The van der Waals surface area contributed by atoms with Crippen LogP contribution in [0.4, 0.5) is 0 Å². The normalized spacial score (nSPS) is 10.3. The first-order chi connectivity index (χ1) is 9.29. The summed E-state index contributed by atoms with van der Waals surface area (Å²) >= 11 is 1.65. The lowest BCUT2D eigenvalue weighted by molar-refractivity contribution is 1.18. The fourth-order valence-electron chi connectivity index (χ4n) is 2.07. The number of aromatic nitrogens is 2. The number of hydrogen-bond donors (Lipinski definition) is 1. The van der Waals surface area contributed by atoms with Crippen LogP contribution in [0, 0.1) is 18.3 Å². The second kappa shape index (κ2) is 4.71. The van der Waals surface area contributed by atoms with E-state index in [1.54, 1.807) is 11.3 Å². The fraction of sp³-hybridized carbons (Fsp3) is 0.0667. The van der Waals surface area contributed by atoms with E-state index in [1.807, 2.05) is 48.8 Å². The minimum atomic E-state index is 0.628. The van der Waals surface area contributed by atoms with Gasteiger partial charge in [0.15, 0.2) is 0 Å². The third-order valence-electron chi connectivity index (χ3n) is 2.97. The zero-order valence-corrected chi connectivity index (χ0v) is 11.2. The van der Waals surface area contributed by atoms with Crippen molar-refractivity contribution in [2.75, 3.05) is 0 Å². The third-order valence-corrected chi connectivity index (χ3v) is 3.87. The Morgan fingerprint density at radius 2 is 2.21 bits per heavy atom. The zero-order valence-electron chi connectivity index (χ0n) is 10.3. The average Bonchev–Trinajstić information content (AvgIpc) is 3.11. The molecule has 3 aromatic heterocycles. The molecule has 0 atom stereocenters. The summed E-state index contributed by atoms with van der Waals surface area (Å²) in [6.45, 7) is 1.88. The first-order valence-electron chi connectivity index (χ1n) is 5.89. The average molecular weight is 265 g/mol. The number of pyridine rings is 1. The molecule has 0 aliphatic carbocycles. The number of H-pyrrole nitrogens is 1. The number of nitriles is 1. The second-order valence-corrected chi connectivity index (χ2v) is 5.14. The molecule has 0 radical (unpaired) electrons. The maximum atomic E-state index is 9.32. The van der Waals surface area contributed by atoms with Crippen LogP contribution in [-0.2, 0) is 0 Å². The molecule has 19 heavy (non-hydrogen) atoms. The van der Waals surface area contributed by atoms with Crippen LogP contribution < -0.4 is 0 Å². The van der Waals surface area contributed by atoms with Crippen LogP contribution in [0.25, 0.3) is 21.8 Å². The lowest BCUT2D eigenvalue weighted by atomic mass is 10.0. The van der Waals surface area contributed by atoms with Crippen molar-refractivity contribution in [3.05, 3.63) is 53.2 Å². The van der Waals surface area contributed by atoms with Crippen molar-refractivity contribution < 1.29 is 0 Å². The lowest BCUT2D eigenvalue weighted by Crippen LogP contribution is -1.95. The van der Waals surface area contributed by atoms with Crippen molar-refractivity contribution in [1.82, 2.24) is 9.97 Å². The molecule has 0 aliphatic heterocycles. The molecule has 92 valence electrons. The predicted octanol–water partition coefficient (Wildman–Crippen LogP) is 3.99. The van der Waals surface area contributed by atoms with E-state index >= 15 is 0 Å². The van der Waals surface area contributed by atoms with Crippen molar-refractivity contribution in [3.8, 4) is 27.9 Å². The Hall–Kier alpha value is -2.38. The first kappa shape index (κ1) is 11.7. The van der Waals surface area contributed by atoms with Crippen LogP contribution in [0.1, 0.15) is 11.3 Å². The SMILES string of the molecule is Cc1nc(-c2cccs2)cc(-c2ccc[nH]2)c1C#N. The minimum Gasteiger partial charge on any atom is -0.361 e. The van der Waals surface area contributed by atoms with Crippen LogP contribution in [0.3, 0.4) is 0 Å². The maximum Gasteiger partial charge on any atom is 0.102 e. The van der Waals surface area contributed by atoms with Gasteiger partial charge in [-0.3, -0.25) is 4.98 Å². The van der Waals surface area contributed by atoms with E-state index in [-0.39, 0.29) is 0 Å². The smallest absolute Gasteiger partial charge is 0.102 e. The molecule has 0 spiro atoms. The molecular formula is C15H11N3S. The van der Waals surface area contributed by atoms with Crippen LogP contribution in [0.2, 0.25) is 0 Å². The molecule has 0 fully saturated rings. The van der Waals surface area contributed by atoms with Crippen LogP contribution in [0.15, 0.2) is 41.9 Å². The summed E-state index contributed by atoms with van der Waals surface area (Å²) in [4.78, 5) is 8.79. The Bertz CT molecular complexity index is 735. The van der Waals surface area contributed by atoms with Gasteiger partial charge in [0.2, 0.25) is 0 Å². The number of aromatic amines is 1. The number of nitrogens with zero attached hydrogens (tertiary/aromatic N) is 2. The molecule has 3 aromatic rings. The second-order valence-electron chi connectivity index (χ2n) is 4.19. The Morgan fingerprint density at radius 3 is 2.84 bits per heavy atom. The van der Waals surface area contributed by atoms with Gasteiger partial charge in [0, 0.05) is 17.5 Å². The molecule has 0 saturated carbocycles. The standard InChI is InChI=1S/C15H11N3S/c1-10-12(9-16)11(13-4-2-6-17-13)8-14(18-10)15-5-3-7-19-15/h2-8,17H,1H3. The lowest BCUT2D eigenvalue weighted by Gasteiger charge is -2.07. The molecule has 3 heterocycles. The van der Waals surface area contributed by atoms with Gasteiger partial charge in [-0.2, -0.15) is 5.26 Å². The van der Waals surface area contributed by atoms with Crippen molar-refractivity contribution in [2.24, 2.45) is 0 Å². The van der Waals surface area contributed by atoms with Crippen LogP contribution in [-0.4, -0.2) is 9.97 Å². The summed E-state index contributed by atoms with van der Waals surface area (Å²) in [5.74, 6) is 0. The molecule has 3 nitrogen and oxygen atoms in total. The van der Waals surface area contributed by atoms with Gasteiger partial charge in [0.1, 0.15) is 6.07 Å². The minimum absolute atomic E-state index is 0.628. The molecule has 0 aromatic carbocycles. The number of rotatable bonds is 2. The Balaban J connectivity index is 2.25. The Labute approximate surface area is 115 Å². The topological polar surface area (TPSA) is 52.5 Å². The van der Waals surface area contributed by atoms with Crippen molar-refractivity contribution in [2.45, 2.75) is 6.92 Å². The molecule has 3 rings (SSSR count). The van der Waals surface area contributed by atoms with E-state index in [4.69, 9.17) is 0 Å². The van der Waals surface area contributed by atoms with E-state index < -0.39 is 0 Å². The van der Waals surface area contributed by atoms with E-state index in [9.17, 15) is 5.26 Å². The first-order valence-corrected chi connectivity index (χ1v) is 6.77. The number of nitrogens with one attached hydrogen (secondary N) is 1. The van der Waals surface area contributed by atoms with Gasteiger partial charge in [0.05, 0.1) is 21.8 Å². The Kier molecular flexibility index (Phi) is 2.90. The van der Waals surface area contributed by atoms with Crippen molar-refractivity contribution >= 4 is 11.3 Å². The van der Waals surface area contributed by atoms with Gasteiger partial charge < -0.3 is 4.98 Å². The summed E-state index contributed by atoms with van der Waals surface area (Å²) in [5, 5.41) is 11.3.